The van der Waals surface area contributed by atoms with Crippen LogP contribution in [0.4, 0.5) is 10.1 Å². The molecule has 1 heterocycles. The molecular formula is C22H16FN3O2S. The highest BCUT2D eigenvalue weighted by Crippen LogP contribution is 2.45. The van der Waals surface area contributed by atoms with Crippen LogP contribution < -0.4 is 4.72 Å². The van der Waals surface area contributed by atoms with Crippen LogP contribution in [0.5, 0.6) is 0 Å². The number of hydrogen-bond donors (Lipinski definition) is 2. The Hall–Kier alpha value is -3.37. The average molecular weight is 405 g/mol. The van der Waals surface area contributed by atoms with Gasteiger partial charge in [-0.1, -0.05) is 6.07 Å². The Balaban J connectivity index is 1.70. The summed E-state index contributed by atoms with van der Waals surface area (Å²) < 4.78 is 17.5. The van der Waals surface area contributed by atoms with Crippen LogP contribution in [0.15, 0.2) is 59.6 Å². The molecule has 144 valence electrons. The van der Waals surface area contributed by atoms with Crippen LogP contribution in [0.1, 0.15) is 40.2 Å². The van der Waals surface area contributed by atoms with Crippen molar-refractivity contribution in [2.45, 2.75) is 23.7 Å². The molecule has 0 amide bonds. The molecule has 5 nitrogen and oxygen atoms in total. The fourth-order valence-electron chi connectivity index (χ4n) is 3.09. The Bertz CT molecular complexity index is 1140. The third kappa shape index (κ3) is 4.08. The number of nitrogens with zero attached hydrogens (tertiary/aromatic N) is 2. The van der Waals surface area contributed by atoms with Gasteiger partial charge in [0.15, 0.2) is 0 Å². The molecule has 0 unspecified atom stereocenters. The summed E-state index contributed by atoms with van der Waals surface area (Å²) in [5.74, 6) is -1.02. The number of benzene rings is 2. The van der Waals surface area contributed by atoms with Crippen molar-refractivity contribution in [1.82, 2.24) is 4.98 Å². The molecule has 1 aromatic heterocycles. The van der Waals surface area contributed by atoms with Gasteiger partial charge in [0.25, 0.3) is 0 Å². The summed E-state index contributed by atoms with van der Waals surface area (Å²) in [6.45, 7) is 0. The van der Waals surface area contributed by atoms with Crippen molar-refractivity contribution in [3.8, 4) is 17.3 Å². The third-order valence-electron chi connectivity index (χ3n) is 4.71. The van der Waals surface area contributed by atoms with Crippen molar-refractivity contribution in [3.63, 3.8) is 0 Å². The van der Waals surface area contributed by atoms with E-state index in [1.165, 1.54) is 30.3 Å². The van der Waals surface area contributed by atoms with Gasteiger partial charge in [0.2, 0.25) is 0 Å². The highest BCUT2D eigenvalue weighted by Gasteiger charge is 2.27. The molecule has 4 rings (SSSR count). The minimum absolute atomic E-state index is 0.182. The van der Waals surface area contributed by atoms with Gasteiger partial charge in [0.05, 0.1) is 22.9 Å². The number of nitrogens with one attached hydrogen (secondary N) is 1. The van der Waals surface area contributed by atoms with E-state index >= 15 is 0 Å². The molecule has 1 aliphatic carbocycles. The smallest absolute Gasteiger partial charge is 0.335 e. The molecule has 2 N–H and O–H groups in total. The molecule has 29 heavy (non-hydrogen) atoms. The summed E-state index contributed by atoms with van der Waals surface area (Å²) in [5.41, 5.74) is 2.97. The van der Waals surface area contributed by atoms with Gasteiger partial charge in [-0.25, -0.2) is 9.18 Å². The molecule has 0 radical (unpaired) electrons. The van der Waals surface area contributed by atoms with E-state index in [0.29, 0.717) is 22.7 Å². The molecule has 0 saturated heterocycles. The normalized spacial score (nSPS) is 13.0. The Morgan fingerprint density at radius 2 is 2.07 bits per heavy atom. The maximum atomic E-state index is 14.3. The van der Waals surface area contributed by atoms with Crippen molar-refractivity contribution < 1.29 is 14.3 Å². The van der Waals surface area contributed by atoms with Crippen molar-refractivity contribution >= 4 is 23.6 Å². The topological polar surface area (TPSA) is 86.0 Å². The maximum Gasteiger partial charge on any atom is 0.335 e. The van der Waals surface area contributed by atoms with E-state index in [9.17, 15) is 19.6 Å². The first-order chi connectivity index (χ1) is 14.1. The molecule has 0 aliphatic heterocycles. The fraction of sp³-hybridized carbons (Fsp3) is 0.136. The molecule has 1 saturated carbocycles. The lowest BCUT2D eigenvalue weighted by atomic mass is 10.1. The predicted octanol–water partition coefficient (Wildman–Crippen LogP) is 5.45. The van der Waals surface area contributed by atoms with E-state index in [1.807, 2.05) is 6.07 Å². The van der Waals surface area contributed by atoms with Gasteiger partial charge in [-0.3, -0.25) is 4.98 Å². The summed E-state index contributed by atoms with van der Waals surface area (Å²) in [5, 5.41) is 18.6. The number of aromatic carboxylic acids is 1. The number of carbonyl (C=O) groups is 1. The number of nitriles is 1. The quantitative estimate of drug-likeness (QED) is 0.530. The summed E-state index contributed by atoms with van der Waals surface area (Å²) in [6, 6.07) is 14.9. The zero-order chi connectivity index (χ0) is 20.4. The van der Waals surface area contributed by atoms with Crippen LogP contribution in [-0.4, -0.2) is 16.1 Å². The van der Waals surface area contributed by atoms with Gasteiger partial charge < -0.3 is 9.83 Å². The van der Waals surface area contributed by atoms with Crippen LogP contribution in [0.2, 0.25) is 0 Å². The van der Waals surface area contributed by atoms with Crippen molar-refractivity contribution in [1.29, 1.82) is 5.26 Å². The molecule has 0 bridgehead atoms. The zero-order valence-electron chi connectivity index (χ0n) is 15.2. The zero-order valence-corrected chi connectivity index (χ0v) is 16.0. The van der Waals surface area contributed by atoms with E-state index in [0.717, 1.165) is 23.3 Å². The molecule has 0 atom stereocenters. The van der Waals surface area contributed by atoms with Gasteiger partial charge in [-0.2, -0.15) is 5.26 Å². The van der Waals surface area contributed by atoms with Crippen LogP contribution >= 0.6 is 11.9 Å². The van der Waals surface area contributed by atoms with Crippen LogP contribution in [0, 0.1) is 17.1 Å². The number of carboxylic acid groups (broad SMARTS) is 1. The maximum absolute atomic E-state index is 14.3. The molecule has 7 heteroatoms. The first-order valence-corrected chi connectivity index (χ1v) is 9.83. The second kappa shape index (κ2) is 7.94. The number of hydrogen-bond acceptors (Lipinski definition) is 5. The summed E-state index contributed by atoms with van der Waals surface area (Å²) in [7, 11) is 0. The monoisotopic (exact) mass is 405 g/mol. The predicted molar refractivity (Wildman–Crippen MR) is 109 cm³/mol. The third-order valence-corrected chi connectivity index (χ3v) is 5.61. The standard InChI is InChI=1S/C22H16FN3O2S/c23-18-2-1-9-25-21(18)17-7-3-13(12-24)10-19(17)26-29-20-11-15(22(27)28)6-8-16(20)14-4-5-14/h1-3,6-11,14,26H,4-5H2,(H,27,28). The van der Waals surface area contributed by atoms with Gasteiger partial charge in [-0.05, 0) is 78.7 Å². The van der Waals surface area contributed by atoms with E-state index in [4.69, 9.17) is 0 Å². The van der Waals surface area contributed by atoms with Crippen molar-refractivity contribution in [3.05, 3.63) is 77.2 Å². The number of carboxylic acids is 1. The minimum atomic E-state index is -0.989. The van der Waals surface area contributed by atoms with E-state index < -0.39 is 11.8 Å². The highest BCUT2D eigenvalue weighted by molar-refractivity contribution is 8.00. The number of rotatable bonds is 6. The number of anilines is 1. The Morgan fingerprint density at radius 1 is 1.24 bits per heavy atom. The second-order valence-electron chi connectivity index (χ2n) is 6.74. The van der Waals surface area contributed by atoms with E-state index in [-0.39, 0.29) is 11.3 Å². The Morgan fingerprint density at radius 3 is 2.76 bits per heavy atom. The Labute approximate surface area is 171 Å². The second-order valence-corrected chi connectivity index (χ2v) is 7.59. The summed E-state index contributed by atoms with van der Waals surface area (Å²) in [4.78, 5) is 16.3. The lowest BCUT2D eigenvalue weighted by Crippen LogP contribution is -2.00. The van der Waals surface area contributed by atoms with E-state index in [1.54, 1.807) is 30.3 Å². The molecular weight excluding hydrogens is 389 g/mol. The van der Waals surface area contributed by atoms with Gasteiger partial charge >= 0.3 is 5.97 Å². The number of halogens is 1. The lowest BCUT2D eigenvalue weighted by molar-refractivity contribution is 0.0696. The van der Waals surface area contributed by atoms with Crippen LogP contribution in [-0.2, 0) is 0 Å². The van der Waals surface area contributed by atoms with Crippen molar-refractivity contribution in [2.75, 3.05) is 4.72 Å². The van der Waals surface area contributed by atoms with Gasteiger partial charge in [-0.15, -0.1) is 0 Å². The van der Waals surface area contributed by atoms with Crippen molar-refractivity contribution in [2.24, 2.45) is 0 Å². The SMILES string of the molecule is N#Cc1ccc(-c2ncccc2F)c(NSc2cc(C(=O)O)ccc2C2CC2)c1. The number of pyridine rings is 1. The van der Waals surface area contributed by atoms with E-state index in [2.05, 4.69) is 15.8 Å². The largest absolute Gasteiger partial charge is 0.478 e. The van der Waals surface area contributed by atoms with Crippen LogP contribution in [0.3, 0.4) is 0 Å². The molecule has 1 fully saturated rings. The minimum Gasteiger partial charge on any atom is -0.478 e. The molecule has 1 aliphatic rings. The highest BCUT2D eigenvalue weighted by atomic mass is 32.2. The van der Waals surface area contributed by atoms with Gasteiger partial charge in [0, 0.05) is 16.7 Å². The average Bonchev–Trinajstić information content (AvgIpc) is 3.57. The van der Waals surface area contributed by atoms with Gasteiger partial charge in [0.1, 0.15) is 11.5 Å². The summed E-state index contributed by atoms with van der Waals surface area (Å²) >= 11 is 1.26. The number of aromatic nitrogens is 1. The molecule has 0 spiro atoms. The lowest BCUT2D eigenvalue weighted by Gasteiger charge is -2.14. The molecule has 3 aromatic rings. The fourth-order valence-corrected chi connectivity index (χ4v) is 4.01. The Kier molecular flexibility index (Phi) is 5.19. The first kappa shape index (κ1) is 19.0. The molecule has 2 aromatic carbocycles. The van der Waals surface area contributed by atoms with Crippen LogP contribution in [0.25, 0.3) is 11.3 Å². The summed E-state index contributed by atoms with van der Waals surface area (Å²) in [6.07, 6.45) is 3.66. The first-order valence-electron chi connectivity index (χ1n) is 9.02.